The normalized spacial score (nSPS) is 12.6. The highest BCUT2D eigenvalue weighted by atomic mass is 16.5. The number of fused-ring (bicyclic) bond motifs is 7. The third-order valence-electron chi connectivity index (χ3n) is 24.1. The second-order valence-corrected chi connectivity index (χ2v) is 36.8. The predicted molar refractivity (Wildman–Crippen MR) is 508 cm³/mol. The summed E-state index contributed by atoms with van der Waals surface area (Å²) in [7, 11) is 0. The minimum Gasteiger partial charge on any atom is -0.457 e. The number of nitrogens with zero attached hydrogens (tertiary/aromatic N) is 8. The summed E-state index contributed by atoms with van der Waals surface area (Å²) in [5, 5.41) is 2.03. The summed E-state index contributed by atoms with van der Waals surface area (Å²) in [5.74, 6) is 1.18. The van der Waals surface area contributed by atoms with Crippen LogP contribution in [0.5, 0.6) is 0 Å². The van der Waals surface area contributed by atoms with Crippen molar-refractivity contribution < 1.29 is 19.1 Å². The average molecular weight is 1620 g/mol. The molecule has 0 fully saturated rings. The molecule has 0 aliphatic carbocycles. The molecule has 0 spiro atoms. The molecule has 0 atom stereocenters. The van der Waals surface area contributed by atoms with Crippen molar-refractivity contribution in [1.82, 2.24) is 29.5 Å². The molecule has 0 amide bonds. The van der Waals surface area contributed by atoms with Crippen molar-refractivity contribution in [2.24, 2.45) is 0 Å². The van der Waals surface area contributed by atoms with Gasteiger partial charge in [-0.15, -0.1) is 0 Å². The van der Waals surface area contributed by atoms with E-state index in [1.54, 1.807) is 0 Å². The van der Waals surface area contributed by atoms with Gasteiger partial charge in [-0.1, -0.05) is 314 Å². The Hall–Kier alpha value is -14.4. The third kappa shape index (κ3) is 15.3. The molecule has 17 aromatic rings. The topological polar surface area (TPSA) is 128 Å². The van der Waals surface area contributed by atoms with E-state index in [9.17, 15) is 0 Å². The fraction of sp³-hybridized carbons (Fsp3) is 0.162. The van der Waals surface area contributed by atoms with Crippen LogP contribution in [0.2, 0.25) is 0 Å². The fourth-order valence-corrected chi connectivity index (χ4v) is 17.3. The molecular weight excluding hydrogens is 1520 g/mol. The molecule has 0 saturated heterocycles. The smallest absolute Gasteiger partial charge is 0.338 e. The number of hydrogen-bond acceptors (Lipinski definition) is 11. The van der Waals surface area contributed by atoms with Gasteiger partial charge in [0.15, 0.2) is 23.3 Å². The Morgan fingerprint density at radius 3 is 1.13 bits per heavy atom. The van der Waals surface area contributed by atoms with Gasteiger partial charge in [-0.05, 0) is 186 Å². The van der Waals surface area contributed by atoms with Gasteiger partial charge in [0.05, 0.1) is 39.2 Å². The summed E-state index contributed by atoms with van der Waals surface area (Å²) in [6.45, 7) is 27.1. The fourth-order valence-electron chi connectivity index (χ4n) is 17.3. The maximum Gasteiger partial charge on any atom is 0.338 e. The van der Waals surface area contributed by atoms with Crippen LogP contribution in [0, 0.1) is 0 Å². The average Bonchev–Trinajstić information content (AvgIpc) is 0.774. The standard InChI is InChI=1S/C111H95BN8O4/c1-108(2,3)81-61-82(109(4,5)6)64-85(63-81)118-97-57-78(106(121)123-68-70-33-19-13-20-34-70)47-51-90(97)112-91-52-48-79(107(122)124-69-71-35-21-14-22-36-71)58-98(91)119(86-65-83(110(7,8)9)62-84(66-86)111(10,11)12)100-60-80(59-99(118)101(100)112)76-49-53-95-88(55-76)87-45-31-32-46-94(87)120(95)96-54-50-77(104-113-92(72-37-23-15-24-38-72)67-93(114-104)73-39-25-16-26-40-73)56-89(96)105-116-102(74-41-27-17-28-42-74)115-103(117-105)75-43-29-18-30-44-75/h13-67H,68-69H2,1-12H3. The number of carbonyl (C=O) groups is 2. The predicted octanol–water partition coefficient (Wildman–Crippen LogP) is 25.4. The lowest BCUT2D eigenvalue weighted by Crippen LogP contribution is -2.61. The van der Waals surface area contributed by atoms with Gasteiger partial charge in [0.2, 0.25) is 0 Å². The van der Waals surface area contributed by atoms with Crippen molar-refractivity contribution in [3.05, 3.63) is 378 Å². The van der Waals surface area contributed by atoms with Crippen LogP contribution in [0.3, 0.4) is 0 Å². The Morgan fingerprint density at radius 1 is 0.298 bits per heavy atom. The second kappa shape index (κ2) is 31.5. The van der Waals surface area contributed by atoms with Crippen LogP contribution in [-0.4, -0.2) is 48.1 Å². The maximum atomic E-state index is 15.1. The molecule has 19 rings (SSSR count). The van der Waals surface area contributed by atoms with Crippen LogP contribution in [0.15, 0.2) is 334 Å². The lowest BCUT2D eigenvalue weighted by molar-refractivity contribution is 0.0464. The van der Waals surface area contributed by atoms with E-state index in [1.165, 1.54) is 22.3 Å². The largest absolute Gasteiger partial charge is 0.457 e. The zero-order valence-electron chi connectivity index (χ0n) is 72.0. The minimum atomic E-state index is -0.440. The van der Waals surface area contributed by atoms with Gasteiger partial charge in [-0.3, -0.25) is 0 Å². The first-order valence-electron chi connectivity index (χ1n) is 42.7. The summed E-state index contributed by atoms with van der Waals surface area (Å²) < 4.78 is 14.9. The lowest BCUT2D eigenvalue weighted by atomic mass is 9.33. The van der Waals surface area contributed by atoms with E-state index >= 15 is 9.59 Å². The Labute approximate surface area is 725 Å². The van der Waals surface area contributed by atoms with E-state index in [1.807, 2.05) is 182 Å². The van der Waals surface area contributed by atoms with E-state index in [-0.39, 0.29) is 34.9 Å². The summed E-state index contributed by atoms with van der Waals surface area (Å²) in [6.07, 6.45) is 0. The van der Waals surface area contributed by atoms with Crippen LogP contribution >= 0.6 is 0 Å². The van der Waals surface area contributed by atoms with Crippen molar-refractivity contribution >= 4 is 91.0 Å². The Balaban J connectivity index is 0.880. The molecule has 12 nitrogen and oxygen atoms in total. The number of esters is 2. The Morgan fingerprint density at radius 2 is 0.685 bits per heavy atom. The number of benzene rings is 14. The molecule has 0 saturated carbocycles. The number of anilines is 6. The lowest BCUT2D eigenvalue weighted by Gasteiger charge is -2.45. The van der Waals surface area contributed by atoms with Crippen LogP contribution < -0.4 is 26.2 Å². The third-order valence-corrected chi connectivity index (χ3v) is 24.1. The van der Waals surface area contributed by atoms with Crippen molar-refractivity contribution in [2.75, 3.05) is 9.80 Å². The quantitative estimate of drug-likeness (QED) is 0.0677. The van der Waals surface area contributed by atoms with E-state index in [2.05, 4.69) is 249 Å². The van der Waals surface area contributed by atoms with Gasteiger partial charge in [-0.25, -0.2) is 34.5 Å². The highest BCUT2D eigenvalue weighted by Gasteiger charge is 2.45. The van der Waals surface area contributed by atoms with E-state index < -0.39 is 18.7 Å². The van der Waals surface area contributed by atoms with Crippen molar-refractivity contribution in [3.8, 4) is 84.9 Å². The van der Waals surface area contributed by atoms with Gasteiger partial charge in [0.1, 0.15) is 13.2 Å². The molecule has 0 bridgehead atoms. The molecule has 5 heterocycles. The number of carbonyl (C=O) groups excluding carboxylic acids is 2. The minimum absolute atomic E-state index is 0.102. The molecule has 14 aromatic carbocycles. The zero-order chi connectivity index (χ0) is 85.5. The maximum absolute atomic E-state index is 15.1. The Kier molecular flexibility index (Phi) is 20.2. The first-order valence-corrected chi connectivity index (χ1v) is 42.7. The number of hydrogen-bond donors (Lipinski definition) is 0. The number of ether oxygens (including phenoxy) is 2. The monoisotopic (exact) mass is 1610 g/mol. The van der Waals surface area contributed by atoms with Crippen molar-refractivity contribution in [1.29, 1.82) is 0 Å². The summed E-state index contributed by atoms with van der Waals surface area (Å²) in [4.78, 5) is 62.0. The summed E-state index contributed by atoms with van der Waals surface area (Å²) in [6, 6.07) is 116. The molecule has 0 unspecified atom stereocenters. The molecule has 0 N–H and O–H groups in total. The van der Waals surface area contributed by atoms with Gasteiger partial charge < -0.3 is 23.8 Å². The molecular formula is C111H95BN8O4. The molecule has 606 valence electrons. The zero-order valence-corrected chi connectivity index (χ0v) is 72.0. The van der Waals surface area contributed by atoms with Gasteiger partial charge in [0.25, 0.3) is 6.71 Å². The first kappa shape index (κ1) is 79.4. The SMILES string of the molecule is CC(C)(C)c1cc(N2c3cc(C(=O)OCc4ccccc4)ccc3B3c4ccc(C(=O)OCc5ccccc5)cc4N(c4cc(C(C)(C)C)cc(C(C)(C)C)c4)c4cc(-c5ccc6c(c5)c5ccccc5n6-c5ccc(-c6nc(-c7ccccc7)cc(-c7ccccc7)n6)cc5-c5nc(-c6ccccc6)nc(-c6ccccc6)n5)cc2c43)cc(C(C)(C)C)c1. The summed E-state index contributed by atoms with van der Waals surface area (Å²) in [5.41, 5.74) is 25.9. The van der Waals surface area contributed by atoms with Crippen LogP contribution in [-0.2, 0) is 44.3 Å². The van der Waals surface area contributed by atoms with E-state index in [4.69, 9.17) is 34.4 Å². The molecule has 0 radical (unpaired) electrons. The molecule has 124 heavy (non-hydrogen) atoms. The molecule has 2 aliphatic heterocycles. The van der Waals surface area contributed by atoms with Crippen molar-refractivity contribution in [3.63, 3.8) is 0 Å². The summed E-state index contributed by atoms with van der Waals surface area (Å²) >= 11 is 0. The highest BCUT2D eigenvalue weighted by Crippen LogP contribution is 2.51. The van der Waals surface area contributed by atoms with Crippen LogP contribution in [0.4, 0.5) is 34.1 Å². The number of rotatable bonds is 16. The van der Waals surface area contributed by atoms with Gasteiger partial charge in [0, 0.05) is 78.3 Å². The second-order valence-electron chi connectivity index (χ2n) is 36.8. The van der Waals surface area contributed by atoms with Crippen molar-refractivity contribution in [2.45, 2.75) is 118 Å². The van der Waals surface area contributed by atoms with E-state index in [0.717, 1.165) is 145 Å². The molecule has 2 aliphatic rings. The van der Waals surface area contributed by atoms with Crippen LogP contribution in [0.25, 0.3) is 107 Å². The van der Waals surface area contributed by atoms with Gasteiger partial charge in [-0.2, -0.15) is 0 Å². The first-order chi connectivity index (χ1) is 59.8. The molecule has 3 aromatic heterocycles. The highest BCUT2D eigenvalue weighted by molar-refractivity contribution is 7.00. The Bertz CT molecular complexity index is 6620. The number of para-hydroxylation sites is 1. The van der Waals surface area contributed by atoms with Gasteiger partial charge >= 0.3 is 11.9 Å². The molecule has 13 heteroatoms. The van der Waals surface area contributed by atoms with Crippen LogP contribution in [0.1, 0.15) is 137 Å². The van der Waals surface area contributed by atoms with E-state index in [0.29, 0.717) is 34.4 Å². The number of aromatic nitrogens is 6.